The maximum atomic E-state index is 13.4. The fraction of sp³-hybridized carbons (Fsp3) is 0.261. The Balaban J connectivity index is 2.18. The summed E-state index contributed by atoms with van der Waals surface area (Å²) >= 11 is 0. The molecule has 122 valence electrons. The SMILES string of the molecule is CCCC1=C(c2ccccc2)C(=O)C(c2ccccc2)=C1CCC. The highest BCUT2D eigenvalue weighted by atomic mass is 16.1. The van der Waals surface area contributed by atoms with Crippen molar-refractivity contribution in [2.75, 3.05) is 0 Å². The summed E-state index contributed by atoms with van der Waals surface area (Å²) in [6.45, 7) is 4.37. The van der Waals surface area contributed by atoms with Crippen molar-refractivity contribution in [3.63, 3.8) is 0 Å². The lowest BCUT2D eigenvalue weighted by Gasteiger charge is -2.10. The van der Waals surface area contributed by atoms with Gasteiger partial charge in [0.15, 0.2) is 5.78 Å². The average Bonchev–Trinajstić information content (AvgIpc) is 2.89. The number of hydrogen-bond donors (Lipinski definition) is 0. The molecule has 0 fully saturated rings. The highest BCUT2D eigenvalue weighted by Crippen LogP contribution is 2.43. The van der Waals surface area contributed by atoms with Crippen molar-refractivity contribution in [3.05, 3.63) is 82.9 Å². The van der Waals surface area contributed by atoms with Crippen molar-refractivity contribution in [2.24, 2.45) is 0 Å². The highest BCUT2D eigenvalue weighted by Gasteiger charge is 2.32. The van der Waals surface area contributed by atoms with Crippen LogP contribution in [0.25, 0.3) is 11.1 Å². The Hall–Kier alpha value is -2.41. The zero-order chi connectivity index (χ0) is 16.9. The molecule has 0 radical (unpaired) electrons. The van der Waals surface area contributed by atoms with Gasteiger partial charge >= 0.3 is 0 Å². The number of ketones is 1. The Bertz CT molecular complexity index is 712. The minimum Gasteiger partial charge on any atom is -0.289 e. The Morgan fingerprint density at radius 1 is 0.625 bits per heavy atom. The molecule has 2 aromatic rings. The van der Waals surface area contributed by atoms with E-state index in [9.17, 15) is 4.79 Å². The summed E-state index contributed by atoms with van der Waals surface area (Å²) < 4.78 is 0. The van der Waals surface area contributed by atoms with Crippen LogP contribution in [-0.4, -0.2) is 5.78 Å². The first-order chi connectivity index (χ1) is 11.8. The van der Waals surface area contributed by atoms with Crippen LogP contribution in [0.5, 0.6) is 0 Å². The van der Waals surface area contributed by atoms with E-state index >= 15 is 0 Å². The van der Waals surface area contributed by atoms with Gasteiger partial charge in [0.25, 0.3) is 0 Å². The van der Waals surface area contributed by atoms with Crippen LogP contribution in [0.15, 0.2) is 71.8 Å². The molecule has 0 unspecified atom stereocenters. The van der Waals surface area contributed by atoms with Gasteiger partial charge in [-0.15, -0.1) is 0 Å². The first-order valence-electron chi connectivity index (χ1n) is 8.90. The molecule has 0 N–H and O–H groups in total. The van der Waals surface area contributed by atoms with Crippen LogP contribution in [0.1, 0.15) is 50.7 Å². The van der Waals surface area contributed by atoms with Crippen LogP contribution < -0.4 is 0 Å². The lowest BCUT2D eigenvalue weighted by atomic mass is 9.93. The molecule has 2 aromatic carbocycles. The second-order valence-corrected chi connectivity index (χ2v) is 6.27. The fourth-order valence-corrected chi connectivity index (χ4v) is 3.57. The van der Waals surface area contributed by atoms with Crippen LogP contribution in [0.4, 0.5) is 0 Å². The summed E-state index contributed by atoms with van der Waals surface area (Å²) in [5, 5.41) is 0. The third-order valence-corrected chi connectivity index (χ3v) is 4.55. The van der Waals surface area contributed by atoms with E-state index < -0.39 is 0 Å². The average molecular weight is 316 g/mol. The topological polar surface area (TPSA) is 17.1 Å². The number of Topliss-reactive ketones (excluding diaryl/α,β-unsaturated/α-hetero) is 1. The largest absolute Gasteiger partial charge is 0.289 e. The fourth-order valence-electron chi connectivity index (χ4n) is 3.57. The van der Waals surface area contributed by atoms with Crippen LogP contribution in [0.3, 0.4) is 0 Å². The predicted molar refractivity (Wildman–Crippen MR) is 102 cm³/mol. The van der Waals surface area contributed by atoms with Gasteiger partial charge in [-0.1, -0.05) is 87.4 Å². The molecule has 0 heterocycles. The lowest BCUT2D eigenvalue weighted by molar-refractivity contribution is -0.108. The van der Waals surface area contributed by atoms with E-state index in [1.807, 2.05) is 36.4 Å². The molecule has 0 amide bonds. The van der Waals surface area contributed by atoms with Crippen LogP contribution in [-0.2, 0) is 4.79 Å². The van der Waals surface area contributed by atoms with Crippen LogP contribution in [0.2, 0.25) is 0 Å². The third-order valence-electron chi connectivity index (χ3n) is 4.55. The second kappa shape index (κ2) is 7.44. The molecule has 1 nitrogen and oxygen atoms in total. The lowest BCUT2D eigenvalue weighted by Crippen LogP contribution is -2.01. The Labute approximate surface area is 144 Å². The number of carbonyl (C=O) groups is 1. The zero-order valence-corrected chi connectivity index (χ0v) is 14.5. The van der Waals surface area contributed by atoms with Crippen molar-refractivity contribution in [2.45, 2.75) is 39.5 Å². The van der Waals surface area contributed by atoms with Crippen molar-refractivity contribution >= 4 is 16.9 Å². The van der Waals surface area contributed by atoms with Crippen molar-refractivity contribution in [1.29, 1.82) is 0 Å². The smallest absolute Gasteiger partial charge is 0.194 e. The molecule has 3 rings (SSSR count). The van der Waals surface area contributed by atoms with Gasteiger partial charge < -0.3 is 0 Å². The Morgan fingerprint density at radius 2 is 1.00 bits per heavy atom. The molecule has 0 bridgehead atoms. The quantitative estimate of drug-likeness (QED) is 0.631. The summed E-state index contributed by atoms with van der Waals surface area (Å²) in [4.78, 5) is 13.4. The monoisotopic (exact) mass is 316 g/mol. The van der Waals surface area contributed by atoms with Gasteiger partial charge in [-0.05, 0) is 35.1 Å². The summed E-state index contributed by atoms with van der Waals surface area (Å²) in [5.41, 5.74) is 6.44. The van der Waals surface area contributed by atoms with E-state index in [0.717, 1.165) is 48.0 Å². The molecule has 0 saturated carbocycles. The van der Waals surface area contributed by atoms with E-state index in [2.05, 4.69) is 38.1 Å². The molecule has 0 saturated heterocycles. The molecular formula is C23H24O. The minimum atomic E-state index is 0.194. The van der Waals surface area contributed by atoms with Crippen molar-refractivity contribution in [3.8, 4) is 0 Å². The molecular weight excluding hydrogens is 292 g/mol. The molecule has 24 heavy (non-hydrogen) atoms. The van der Waals surface area contributed by atoms with Crippen molar-refractivity contribution < 1.29 is 4.79 Å². The first kappa shape index (κ1) is 16.4. The van der Waals surface area contributed by atoms with Gasteiger partial charge in [0.2, 0.25) is 0 Å². The van der Waals surface area contributed by atoms with E-state index in [-0.39, 0.29) is 5.78 Å². The van der Waals surface area contributed by atoms with E-state index in [4.69, 9.17) is 0 Å². The second-order valence-electron chi connectivity index (χ2n) is 6.27. The molecule has 0 atom stereocenters. The first-order valence-corrected chi connectivity index (χ1v) is 8.90. The maximum Gasteiger partial charge on any atom is 0.194 e. The molecule has 0 aromatic heterocycles. The normalized spacial score (nSPS) is 14.7. The van der Waals surface area contributed by atoms with Gasteiger partial charge in [0.1, 0.15) is 0 Å². The number of hydrogen-bond acceptors (Lipinski definition) is 1. The Morgan fingerprint density at radius 3 is 1.33 bits per heavy atom. The molecule has 0 aliphatic heterocycles. The van der Waals surface area contributed by atoms with E-state index in [1.165, 1.54) is 11.1 Å². The van der Waals surface area contributed by atoms with Crippen LogP contribution >= 0.6 is 0 Å². The van der Waals surface area contributed by atoms with Gasteiger partial charge in [-0.25, -0.2) is 0 Å². The number of allylic oxidation sites excluding steroid dienone is 4. The Kier molecular flexibility index (Phi) is 5.10. The molecule has 0 spiro atoms. The van der Waals surface area contributed by atoms with Gasteiger partial charge in [-0.3, -0.25) is 4.79 Å². The minimum absolute atomic E-state index is 0.194. The van der Waals surface area contributed by atoms with Crippen LogP contribution in [0, 0.1) is 0 Å². The number of carbonyl (C=O) groups excluding carboxylic acids is 1. The molecule has 1 aliphatic rings. The summed E-state index contributed by atoms with van der Waals surface area (Å²) in [6, 6.07) is 20.3. The number of rotatable bonds is 6. The zero-order valence-electron chi connectivity index (χ0n) is 14.5. The van der Waals surface area contributed by atoms with Gasteiger partial charge in [-0.2, -0.15) is 0 Å². The van der Waals surface area contributed by atoms with Gasteiger partial charge in [0, 0.05) is 11.1 Å². The summed E-state index contributed by atoms with van der Waals surface area (Å²) in [7, 11) is 0. The highest BCUT2D eigenvalue weighted by molar-refractivity contribution is 6.46. The number of benzene rings is 2. The van der Waals surface area contributed by atoms with E-state index in [0.29, 0.717) is 0 Å². The summed E-state index contributed by atoms with van der Waals surface area (Å²) in [5.74, 6) is 0.194. The van der Waals surface area contributed by atoms with Gasteiger partial charge in [0.05, 0.1) is 0 Å². The van der Waals surface area contributed by atoms with Crippen molar-refractivity contribution in [1.82, 2.24) is 0 Å². The molecule has 1 heteroatoms. The maximum absolute atomic E-state index is 13.4. The molecule has 1 aliphatic carbocycles. The predicted octanol–water partition coefficient (Wildman–Crippen LogP) is 6.08. The standard InChI is InChI=1S/C23H24O/c1-3-11-19-20(12-4-2)22(18-15-9-6-10-16-18)23(24)21(19)17-13-7-5-8-14-17/h5-10,13-16H,3-4,11-12H2,1-2H3. The summed E-state index contributed by atoms with van der Waals surface area (Å²) in [6.07, 6.45) is 4.02. The van der Waals surface area contributed by atoms with E-state index in [1.54, 1.807) is 0 Å². The third kappa shape index (κ3) is 2.99.